The largest absolute Gasteiger partial charge is 0.508 e. The molecule has 0 aliphatic carbocycles. The Morgan fingerprint density at radius 3 is 2.69 bits per heavy atom. The van der Waals surface area contributed by atoms with Gasteiger partial charge in [-0.3, -0.25) is 4.90 Å². The molecule has 0 amide bonds. The highest BCUT2D eigenvalue weighted by atomic mass is 32.2. The van der Waals surface area contributed by atoms with Gasteiger partial charge in [-0.25, -0.2) is 8.42 Å². The molecule has 2 aliphatic heterocycles. The summed E-state index contributed by atoms with van der Waals surface area (Å²) in [6.07, 6.45) is 4.68. The minimum Gasteiger partial charge on any atom is -0.508 e. The van der Waals surface area contributed by atoms with E-state index in [1.54, 1.807) is 16.4 Å². The highest BCUT2D eigenvalue weighted by molar-refractivity contribution is 7.89. The summed E-state index contributed by atoms with van der Waals surface area (Å²) in [6, 6.07) is 19.0. The second-order valence-corrected chi connectivity index (χ2v) is 10.9. The van der Waals surface area contributed by atoms with E-state index in [9.17, 15) is 13.5 Å². The molecule has 6 heteroatoms. The lowest BCUT2D eigenvalue weighted by molar-refractivity contribution is 0.190. The van der Waals surface area contributed by atoms with Crippen LogP contribution in [0.2, 0.25) is 0 Å². The van der Waals surface area contributed by atoms with Crippen molar-refractivity contribution in [1.29, 1.82) is 0 Å². The van der Waals surface area contributed by atoms with Crippen LogP contribution in [0.15, 0.2) is 65.6 Å². The van der Waals surface area contributed by atoms with Crippen molar-refractivity contribution in [2.75, 3.05) is 19.6 Å². The first-order valence-corrected chi connectivity index (χ1v) is 13.0. The molecule has 168 valence electrons. The molecule has 5 nitrogen and oxygen atoms in total. The van der Waals surface area contributed by atoms with E-state index < -0.39 is 10.0 Å². The Balaban J connectivity index is 1.33. The van der Waals surface area contributed by atoms with Crippen molar-refractivity contribution in [2.45, 2.75) is 49.6 Å². The van der Waals surface area contributed by atoms with Gasteiger partial charge in [0.2, 0.25) is 10.0 Å². The molecule has 1 unspecified atom stereocenters. The summed E-state index contributed by atoms with van der Waals surface area (Å²) in [7, 11) is -3.56. The average molecular weight is 451 g/mol. The quantitative estimate of drug-likeness (QED) is 0.620. The molecule has 0 aromatic heterocycles. The molecule has 1 N–H and O–H groups in total. The third-order valence-corrected chi connectivity index (χ3v) is 8.98. The average Bonchev–Trinajstić information content (AvgIpc) is 2.82. The standard InChI is InChI=1S/C26H30N2O3S/c29-24-12-11-22-19-27(16-13-21(22)18-24)17-14-23-8-3-4-15-28(23)32(30,31)26-10-5-7-20-6-1-2-9-25(20)26/h1-2,5-7,9-12,18,23,29H,3-4,8,13-17,19H2. The number of piperidine rings is 1. The van der Waals surface area contributed by atoms with Crippen molar-refractivity contribution in [3.63, 3.8) is 0 Å². The lowest BCUT2D eigenvalue weighted by Gasteiger charge is -2.37. The van der Waals surface area contributed by atoms with Gasteiger partial charge in [-0.1, -0.05) is 48.9 Å². The molecule has 0 spiro atoms. The fourth-order valence-corrected chi connectivity index (χ4v) is 7.19. The second kappa shape index (κ2) is 8.85. The molecule has 0 radical (unpaired) electrons. The van der Waals surface area contributed by atoms with Crippen LogP contribution >= 0.6 is 0 Å². The Hall–Kier alpha value is -2.41. The van der Waals surface area contributed by atoms with Crippen LogP contribution in [0.1, 0.15) is 36.8 Å². The number of hydrogen-bond donors (Lipinski definition) is 1. The summed E-state index contributed by atoms with van der Waals surface area (Å²) in [6.45, 7) is 3.28. The first kappa shape index (κ1) is 21.4. The first-order chi connectivity index (χ1) is 15.5. The number of aromatic hydroxyl groups is 1. The van der Waals surface area contributed by atoms with Crippen LogP contribution in [-0.2, 0) is 23.0 Å². The van der Waals surface area contributed by atoms with E-state index in [-0.39, 0.29) is 6.04 Å². The third-order valence-electron chi connectivity index (χ3n) is 6.97. The van der Waals surface area contributed by atoms with E-state index in [0.29, 0.717) is 17.2 Å². The highest BCUT2D eigenvalue weighted by Gasteiger charge is 2.34. The van der Waals surface area contributed by atoms with Crippen molar-refractivity contribution < 1.29 is 13.5 Å². The second-order valence-electron chi connectivity index (χ2n) is 9.01. The van der Waals surface area contributed by atoms with Crippen LogP contribution < -0.4 is 0 Å². The van der Waals surface area contributed by atoms with Gasteiger partial charge in [0, 0.05) is 37.6 Å². The Bertz CT molecular complexity index is 1220. The smallest absolute Gasteiger partial charge is 0.243 e. The first-order valence-electron chi connectivity index (χ1n) is 11.5. The Morgan fingerprint density at radius 1 is 0.938 bits per heavy atom. The maximum atomic E-state index is 13.7. The SMILES string of the molecule is O=S(=O)(c1cccc2ccccc12)N1CCCCC1CCN1CCc2cc(O)ccc2C1. The Kier molecular flexibility index (Phi) is 5.93. The summed E-state index contributed by atoms with van der Waals surface area (Å²) < 4.78 is 29.3. The number of benzene rings is 3. The molecule has 3 aromatic rings. The van der Waals surface area contributed by atoms with Crippen molar-refractivity contribution >= 4 is 20.8 Å². The zero-order chi connectivity index (χ0) is 22.1. The lowest BCUT2D eigenvalue weighted by atomic mass is 9.98. The van der Waals surface area contributed by atoms with Crippen molar-refractivity contribution in [1.82, 2.24) is 9.21 Å². The molecule has 0 bridgehead atoms. The molecular weight excluding hydrogens is 420 g/mol. The number of phenolic OH excluding ortho intramolecular Hbond substituents is 1. The van der Waals surface area contributed by atoms with E-state index in [4.69, 9.17) is 0 Å². The fourth-order valence-electron chi connectivity index (χ4n) is 5.25. The van der Waals surface area contributed by atoms with Crippen molar-refractivity contribution in [2.24, 2.45) is 0 Å². The van der Waals surface area contributed by atoms with E-state index in [1.807, 2.05) is 48.5 Å². The van der Waals surface area contributed by atoms with Gasteiger partial charge in [0.15, 0.2) is 0 Å². The number of sulfonamides is 1. The topological polar surface area (TPSA) is 60.9 Å². The van der Waals surface area contributed by atoms with E-state index in [2.05, 4.69) is 4.90 Å². The molecule has 2 heterocycles. The number of phenols is 1. The Labute approximate surface area is 190 Å². The maximum absolute atomic E-state index is 13.7. The summed E-state index contributed by atoms with van der Waals surface area (Å²) in [5.41, 5.74) is 2.48. The van der Waals surface area contributed by atoms with Crippen LogP contribution in [0.4, 0.5) is 0 Å². The molecule has 1 fully saturated rings. The van der Waals surface area contributed by atoms with Gasteiger partial charge in [-0.15, -0.1) is 0 Å². The maximum Gasteiger partial charge on any atom is 0.243 e. The van der Waals surface area contributed by atoms with Crippen LogP contribution in [-0.4, -0.2) is 48.4 Å². The fraction of sp³-hybridized carbons (Fsp3) is 0.385. The number of fused-ring (bicyclic) bond motifs is 2. The zero-order valence-corrected chi connectivity index (χ0v) is 19.1. The highest BCUT2D eigenvalue weighted by Crippen LogP contribution is 2.32. The third kappa shape index (κ3) is 4.15. The predicted octanol–water partition coefficient (Wildman–Crippen LogP) is 4.54. The summed E-state index contributed by atoms with van der Waals surface area (Å²) in [5, 5.41) is 11.5. The minimum absolute atomic E-state index is 0.0360. The monoisotopic (exact) mass is 450 g/mol. The molecule has 1 atom stereocenters. The van der Waals surface area contributed by atoms with E-state index in [1.165, 1.54) is 11.1 Å². The minimum atomic E-state index is -3.56. The van der Waals surface area contributed by atoms with E-state index >= 15 is 0 Å². The summed E-state index contributed by atoms with van der Waals surface area (Å²) >= 11 is 0. The van der Waals surface area contributed by atoms with E-state index in [0.717, 1.165) is 62.5 Å². The van der Waals surface area contributed by atoms with Gasteiger partial charge in [0.25, 0.3) is 0 Å². The molecule has 0 saturated carbocycles. The number of nitrogens with zero attached hydrogens (tertiary/aromatic N) is 2. The predicted molar refractivity (Wildman–Crippen MR) is 127 cm³/mol. The molecule has 3 aromatic carbocycles. The van der Waals surface area contributed by atoms with Gasteiger partial charge < -0.3 is 5.11 Å². The molecule has 2 aliphatic rings. The Morgan fingerprint density at radius 2 is 1.78 bits per heavy atom. The van der Waals surface area contributed by atoms with Crippen molar-refractivity contribution in [3.05, 3.63) is 71.8 Å². The lowest BCUT2D eigenvalue weighted by Crippen LogP contribution is -2.45. The summed E-state index contributed by atoms with van der Waals surface area (Å²) in [5.74, 6) is 0.327. The normalized spacial score (nSPS) is 20.3. The van der Waals surface area contributed by atoms with Crippen LogP contribution in [0.5, 0.6) is 5.75 Å². The van der Waals surface area contributed by atoms with Crippen molar-refractivity contribution in [3.8, 4) is 5.75 Å². The zero-order valence-electron chi connectivity index (χ0n) is 18.3. The van der Waals surface area contributed by atoms with Gasteiger partial charge in [0.1, 0.15) is 5.75 Å². The van der Waals surface area contributed by atoms with Crippen LogP contribution in [0, 0.1) is 0 Å². The van der Waals surface area contributed by atoms with Gasteiger partial charge >= 0.3 is 0 Å². The van der Waals surface area contributed by atoms with Gasteiger partial charge in [-0.05, 0) is 60.4 Å². The number of rotatable bonds is 5. The van der Waals surface area contributed by atoms with Gasteiger partial charge in [0.05, 0.1) is 4.90 Å². The summed E-state index contributed by atoms with van der Waals surface area (Å²) in [4.78, 5) is 2.84. The molecule has 1 saturated heterocycles. The molecule has 5 rings (SSSR count). The van der Waals surface area contributed by atoms with Crippen LogP contribution in [0.25, 0.3) is 10.8 Å². The number of hydrogen-bond acceptors (Lipinski definition) is 4. The molecular formula is C26H30N2O3S. The van der Waals surface area contributed by atoms with Gasteiger partial charge in [-0.2, -0.15) is 4.31 Å². The molecule has 32 heavy (non-hydrogen) atoms. The van der Waals surface area contributed by atoms with Crippen LogP contribution in [0.3, 0.4) is 0 Å².